The first-order chi connectivity index (χ1) is 14.2. The average molecular weight is 435 g/mol. The number of aryl methyl sites for hydroxylation is 2. The van der Waals surface area contributed by atoms with Gasteiger partial charge in [-0.15, -0.1) is 11.3 Å². The summed E-state index contributed by atoms with van der Waals surface area (Å²) in [5, 5.41) is 18.4. The molecule has 0 aromatic carbocycles. The fraction of sp³-hybridized carbons (Fsp3) is 0.550. The molecule has 0 saturated carbocycles. The smallest absolute Gasteiger partial charge is 0.390 e. The van der Waals surface area contributed by atoms with E-state index in [1.54, 1.807) is 20.8 Å². The summed E-state index contributed by atoms with van der Waals surface area (Å²) in [7, 11) is 0. The molecule has 0 aliphatic heterocycles. The summed E-state index contributed by atoms with van der Waals surface area (Å²) in [5.74, 6) is -1.10. The van der Waals surface area contributed by atoms with Gasteiger partial charge < -0.3 is 20.2 Å². The van der Waals surface area contributed by atoms with Crippen molar-refractivity contribution in [2.75, 3.05) is 5.32 Å². The van der Waals surface area contributed by atoms with Crippen molar-refractivity contribution >= 4 is 34.0 Å². The summed E-state index contributed by atoms with van der Waals surface area (Å²) in [4.78, 5) is 37.4. The maximum absolute atomic E-state index is 13.1. The van der Waals surface area contributed by atoms with Gasteiger partial charge in [0.1, 0.15) is 5.00 Å². The summed E-state index contributed by atoms with van der Waals surface area (Å²) >= 11 is 1.41. The molecule has 1 N–H and O–H groups in total. The van der Waals surface area contributed by atoms with Crippen LogP contribution in [0.15, 0.2) is 6.07 Å². The Morgan fingerprint density at radius 2 is 2.07 bits per heavy atom. The van der Waals surface area contributed by atoms with Gasteiger partial charge in [0.15, 0.2) is 6.04 Å². The van der Waals surface area contributed by atoms with Gasteiger partial charge in [0.2, 0.25) is 0 Å². The molecule has 10 heteroatoms. The van der Waals surface area contributed by atoms with Gasteiger partial charge in [0.05, 0.1) is 28.5 Å². The molecule has 0 bridgehead atoms. The topological polar surface area (TPSA) is 116 Å². The number of carbonyl (C=O) groups is 2. The van der Waals surface area contributed by atoms with Crippen LogP contribution in [0.5, 0.6) is 0 Å². The van der Waals surface area contributed by atoms with E-state index in [1.165, 1.54) is 22.1 Å². The lowest BCUT2D eigenvalue weighted by Gasteiger charge is -2.16. The van der Waals surface area contributed by atoms with E-state index in [1.807, 2.05) is 6.92 Å². The van der Waals surface area contributed by atoms with Crippen LogP contribution in [0.2, 0.25) is 0 Å². The highest BCUT2D eigenvalue weighted by Crippen LogP contribution is 2.39. The molecule has 2 aromatic rings. The maximum atomic E-state index is 13.1. The molecule has 1 aliphatic carbocycles. The fourth-order valence-electron chi connectivity index (χ4n) is 3.68. The molecule has 0 saturated heterocycles. The summed E-state index contributed by atoms with van der Waals surface area (Å²) in [6, 6.07) is 0.609. The van der Waals surface area contributed by atoms with E-state index >= 15 is 0 Å². The maximum Gasteiger partial charge on any atom is 0.390 e. The standard InChI is InChI=1S/C20H26N4O5S/c1-5-14(23-12(4)10-16(22-23)24(27)28)18(25)21-19-17(20(26)29-11(2)3)13-8-6-7-9-15(13)30-19/h10-11,14H,5-9H2,1-4H3,(H,21,25). The van der Waals surface area contributed by atoms with Crippen LogP contribution >= 0.6 is 11.3 Å². The molecular weight excluding hydrogens is 408 g/mol. The number of hydrogen-bond donors (Lipinski definition) is 1. The zero-order chi connectivity index (χ0) is 22.0. The molecule has 2 heterocycles. The Balaban J connectivity index is 1.92. The van der Waals surface area contributed by atoms with E-state index in [9.17, 15) is 19.7 Å². The minimum absolute atomic E-state index is 0.268. The molecule has 1 unspecified atom stereocenters. The summed E-state index contributed by atoms with van der Waals surface area (Å²) < 4.78 is 6.80. The Bertz CT molecular complexity index is 978. The van der Waals surface area contributed by atoms with Crippen molar-refractivity contribution in [3.05, 3.63) is 37.9 Å². The fourth-order valence-corrected chi connectivity index (χ4v) is 4.96. The van der Waals surface area contributed by atoms with Crippen molar-refractivity contribution in [2.45, 2.75) is 71.9 Å². The van der Waals surface area contributed by atoms with Crippen LogP contribution in [-0.4, -0.2) is 32.7 Å². The van der Waals surface area contributed by atoms with Gasteiger partial charge in [0, 0.05) is 4.88 Å². The minimum Gasteiger partial charge on any atom is -0.459 e. The number of hydrogen-bond acceptors (Lipinski definition) is 7. The molecule has 2 aromatic heterocycles. The molecule has 162 valence electrons. The van der Waals surface area contributed by atoms with Crippen molar-refractivity contribution in [1.29, 1.82) is 0 Å². The van der Waals surface area contributed by atoms with Crippen LogP contribution in [0.3, 0.4) is 0 Å². The molecule has 3 rings (SSSR count). The molecule has 0 fully saturated rings. The number of ether oxygens (including phenoxy) is 1. The Labute approximate surface area is 178 Å². The molecule has 0 radical (unpaired) electrons. The van der Waals surface area contributed by atoms with Gasteiger partial charge in [-0.2, -0.15) is 4.68 Å². The zero-order valence-electron chi connectivity index (χ0n) is 17.6. The van der Waals surface area contributed by atoms with Gasteiger partial charge in [-0.05, 0) is 63.4 Å². The van der Waals surface area contributed by atoms with Crippen molar-refractivity contribution in [3.63, 3.8) is 0 Å². The number of thiophene rings is 1. The third-order valence-electron chi connectivity index (χ3n) is 5.04. The normalized spacial score (nSPS) is 14.3. The van der Waals surface area contributed by atoms with Gasteiger partial charge in [-0.1, -0.05) is 6.92 Å². The zero-order valence-corrected chi connectivity index (χ0v) is 18.4. The highest BCUT2D eigenvalue weighted by Gasteiger charge is 2.31. The van der Waals surface area contributed by atoms with Crippen molar-refractivity contribution < 1.29 is 19.2 Å². The van der Waals surface area contributed by atoms with Gasteiger partial charge in [0.25, 0.3) is 5.91 Å². The molecular formula is C20H26N4O5S. The Morgan fingerprint density at radius 1 is 1.37 bits per heavy atom. The van der Waals surface area contributed by atoms with Crippen molar-refractivity contribution in [1.82, 2.24) is 9.78 Å². The molecule has 1 aliphatic rings. The Kier molecular flexibility index (Phi) is 6.55. The van der Waals surface area contributed by atoms with E-state index in [-0.39, 0.29) is 17.8 Å². The second-order valence-electron chi connectivity index (χ2n) is 7.63. The first kappa shape index (κ1) is 21.9. The van der Waals surface area contributed by atoms with Gasteiger partial charge in [-0.3, -0.25) is 4.79 Å². The molecule has 0 spiro atoms. The highest BCUT2D eigenvalue weighted by atomic mass is 32.1. The van der Waals surface area contributed by atoms with E-state index in [0.717, 1.165) is 36.1 Å². The van der Waals surface area contributed by atoms with Crippen LogP contribution < -0.4 is 5.32 Å². The third-order valence-corrected chi connectivity index (χ3v) is 6.24. The third kappa shape index (κ3) is 4.38. The lowest BCUT2D eigenvalue weighted by Crippen LogP contribution is -2.27. The van der Waals surface area contributed by atoms with Gasteiger partial charge >= 0.3 is 11.8 Å². The summed E-state index contributed by atoms with van der Waals surface area (Å²) in [5.41, 5.74) is 1.93. The van der Waals surface area contributed by atoms with Gasteiger partial charge in [-0.25, -0.2) is 4.79 Å². The van der Waals surface area contributed by atoms with E-state index in [2.05, 4.69) is 10.4 Å². The molecule has 30 heavy (non-hydrogen) atoms. The SMILES string of the molecule is CCC(C(=O)Nc1sc2c(c1C(=O)OC(C)C)CCCC2)n1nc([N+](=O)[O-])cc1C. The van der Waals surface area contributed by atoms with E-state index in [0.29, 0.717) is 22.7 Å². The summed E-state index contributed by atoms with van der Waals surface area (Å²) in [6.45, 7) is 7.06. The summed E-state index contributed by atoms with van der Waals surface area (Å²) in [6.07, 6.45) is 3.82. The predicted octanol–water partition coefficient (Wildman–Crippen LogP) is 4.20. The molecule has 9 nitrogen and oxygen atoms in total. The van der Waals surface area contributed by atoms with Crippen LogP contribution in [0.4, 0.5) is 10.8 Å². The lowest BCUT2D eigenvalue weighted by atomic mass is 9.95. The second-order valence-corrected chi connectivity index (χ2v) is 8.73. The number of anilines is 1. The lowest BCUT2D eigenvalue weighted by molar-refractivity contribution is -0.389. The van der Waals surface area contributed by atoms with E-state index in [4.69, 9.17) is 4.74 Å². The van der Waals surface area contributed by atoms with Crippen molar-refractivity contribution in [3.8, 4) is 0 Å². The Hall–Kier alpha value is -2.75. The monoisotopic (exact) mass is 434 g/mol. The number of amides is 1. The van der Waals surface area contributed by atoms with Crippen LogP contribution in [0.25, 0.3) is 0 Å². The number of esters is 1. The second kappa shape index (κ2) is 8.95. The average Bonchev–Trinajstić information content (AvgIpc) is 3.22. The number of nitro groups is 1. The molecule has 1 atom stereocenters. The molecule has 1 amide bonds. The van der Waals surface area contributed by atoms with E-state index < -0.39 is 16.9 Å². The first-order valence-corrected chi connectivity index (χ1v) is 10.9. The number of nitrogens with one attached hydrogen (secondary N) is 1. The van der Waals surface area contributed by atoms with Crippen LogP contribution in [0.1, 0.15) is 72.6 Å². The number of carbonyl (C=O) groups excluding carboxylic acids is 2. The Morgan fingerprint density at radius 3 is 2.67 bits per heavy atom. The number of fused-ring (bicyclic) bond motifs is 1. The largest absolute Gasteiger partial charge is 0.459 e. The van der Waals surface area contributed by atoms with Crippen LogP contribution in [-0.2, 0) is 22.4 Å². The number of aromatic nitrogens is 2. The highest BCUT2D eigenvalue weighted by molar-refractivity contribution is 7.17. The minimum atomic E-state index is -0.730. The number of nitrogens with zero attached hydrogens (tertiary/aromatic N) is 3. The van der Waals surface area contributed by atoms with Crippen LogP contribution in [0, 0.1) is 17.0 Å². The van der Waals surface area contributed by atoms with Crippen molar-refractivity contribution in [2.24, 2.45) is 0 Å². The first-order valence-electron chi connectivity index (χ1n) is 10.1. The predicted molar refractivity (Wildman–Crippen MR) is 113 cm³/mol. The number of rotatable bonds is 7. The quantitative estimate of drug-likeness (QED) is 0.397.